The molecule has 4 nitrogen and oxygen atoms in total. The van der Waals surface area contributed by atoms with E-state index in [1.54, 1.807) is 6.26 Å². The molecule has 2 unspecified atom stereocenters. The number of aliphatic hydroxyl groups is 1. The minimum absolute atomic E-state index is 0.143. The fourth-order valence-electron chi connectivity index (χ4n) is 3.73. The van der Waals surface area contributed by atoms with Crippen molar-refractivity contribution in [3.05, 3.63) is 23.0 Å². The summed E-state index contributed by atoms with van der Waals surface area (Å²) >= 11 is 0. The van der Waals surface area contributed by atoms with Gasteiger partial charge in [0.05, 0.1) is 18.3 Å². The second-order valence-corrected chi connectivity index (χ2v) is 6.23. The zero-order valence-electron chi connectivity index (χ0n) is 12.0. The molecule has 20 heavy (non-hydrogen) atoms. The van der Waals surface area contributed by atoms with Crippen molar-refractivity contribution in [2.75, 3.05) is 19.7 Å². The molecule has 0 spiro atoms. The first kappa shape index (κ1) is 13.8. The predicted octanol–water partition coefficient (Wildman–Crippen LogP) is 1.56. The summed E-state index contributed by atoms with van der Waals surface area (Å²) in [5, 5.41) is 13.9. The van der Waals surface area contributed by atoms with E-state index in [9.17, 15) is 9.90 Å². The van der Waals surface area contributed by atoms with E-state index < -0.39 is 6.10 Å². The summed E-state index contributed by atoms with van der Waals surface area (Å²) in [5.74, 6) is 0.358. The molecule has 3 aliphatic rings. The highest BCUT2D eigenvalue weighted by Gasteiger charge is 2.37. The molecule has 0 aromatic carbocycles. The van der Waals surface area contributed by atoms with Crippen molar-refractivity contribution in [2.45, 2.75) is 38.7 Å². The third-order valence-electron chi connectivity index (χ3n) is 4.91. The van der Waals surface area contributed by atoms with Crippen LogP contribution >= 0.6 is 0 Å². The van der Waals surface area contributed by atoms with E-state index in [4.69, 9.17) is 4.74 Å². The fraction of sp³-hybridized carbons (Fsp3) is 0.688. The molecule has 2 heterocycles. The quantitative estimate of drug-likeness (QED) is 0.822. The van der Waals surface area contributed by atoms with E-state index >= 15 is 0 Å². The van der Waals surface area contributed by atoms with Gasteiger partial charge in [0.2, 0.25) is 0 Å². The van der Waals surface area contributed by atoms with Crippen LogP contribution in [0.1, 0.15) is 32.6 Å². The summed E-state index contributed by atoms with van der Waals surface area (Å²) in [5.41, 5.74) is 3.17. The molecular weight excluding hydrogens is 254 g/mol. The van der Waals surface area contributed by atoms with E-state index in [0.29, 0.717) is 18.9 Å². The second-order valence-electron chi connectivity index (χ2n) is 6.23. The van der Waals surface area contributed by atoms with Crippen molar-refractivity contribution in [1.82, 2.24) is 5.32 Å². The average Bonchev–Trinajstić information content (AvgIpc) is 2.88. The van der Waals surface area contributed by atoms with Gasteiger partial charge in [0.15, 0.2) is 0 Å². The molecule has 0 saturated carbocycles. The third-order valence-corrected chi connectivity index (χ3v) is 4.91. The summed E-state index contributed by atoms with van der Waals surface area (Å²) in [4.78, 5) is 12.3. The molecule has 2 N–H and O–H groups in total. The lowest BCUT2D eigenvalue weighted by atomic mass is 9.75. The highest BCUT2D eigenvalue weighted by Crippen LogP contribution is 2.38. The van der Waals surface area contributed by atoms with Crippen LogP contribution in [0, 0.1) is 11.8 Å². The van der Waals surface area contributed by atoms with E-state index in [2.05, 4.69) is 5.32 Å². The van der Waals surface area contributed by atoms with Crippen LogP contribution in [-0.4, -0.2) is 36.7 Å². The molecule has 0 aromatic rings. The van der Waals surface area contributed by atoms with E-state index in [0.717, 1.165) is 49.1 Å². The maximum atomic E-state index is 12.3. The molecule has 4 heteroatoms. The van der Waals surface area contributed by atoms with Crippen molar-refractivity contribution in [1.29, 1.82) is 0 Å². The molecule has 0 radical (unpaired) electrons. The minimum atomic E-state index is -0.541. The predicted molar refractivity (Wildman–Crippen MR) is 76.1 cm³/mol. The Labute approximate surface area is 119 Å². The highest BCUT2D eigenvalue weighted by molar-refractivity contribution is 5.90. The van der Waals surface area contributed by atoms with Crippen LogP contribution in [0.25, 0.3) is 0 Å². The lowest BCUT2D eigenvalue weighted by molar-refractivity contribution is -0.124. The first-order valence-corrected chi connectivity index (χ1v) is 7.59. The average molecular weight is 277 g/mol. The Hall–Kier alpha value is -1.13. The summed E-state index contributed by atoms with van der Waals surface area (Å²) < 4.78 is 5.33. The van der Waals surface area contributed by atoms with Gasteiger partial charge in [0, 0.05) is 12.0 Å². The van der Waals surface area contributed by atoms with Gasteiger partial charge in [-0.2, -0.15) is 0 Å². The Morgan fingerprint density at radius 2 is 2.20 bits per heavy atom. The molecule has 2 aliphatic heterocycles. The van der Waals surface area contributed by atoms with Gasteiger partial charge in [-0.1, -0.05) is 5.57 Å². The second kappa shape index (κ2) is 5.70. The summed E-state index contributed by atoms with van der Waals surface area (Å²) in [6.45, 7) is 4.59. The Kier molecular flexibility index (Phi) is 3.94. The Morgan fingerprint density at radius 3 is 2.95 bits per heavy atom. The number of fused-ring (bicyclic) bond motifs is 1. The Morgan fingerprint density at radius 1 is 1.45 bits per heavy atom. The maximum absolute atomic E-state index is 12.3. The fourth-order valence-corrected chi connectivity index (χ4v) is 3.73. The Balaban J connectivity index is 1.73. The third kappa shape index (κ3) is 2.54. The van der Waals surface area contributed by atoms with Crippen LogP contribution in [0.2, 0.25) is 0 Å². The number of rotatable bonds is 3. The van der Waals surface area contributed by atoms with Gasteiger partial charge in [0.1, 0.15) is 12.4 Å². The van der Waals surface area contributed by atoms with E-state index in [1.807, 2.05) is 6.92 Å². The zero-order valence-corrected chi connectivity index (χ0v) is 12.0. The number of ketones is 1. The SMILES string of the molecule is CC1=C2COC=C2CC(=O)C1C(O)CC1CCNCC1. The molecule has 1 saturated heterocycles. The smallest absolute Gasteiger partial charge is 0.147 e. The van der Waals surface area contributed by atoms with Gasteiger partial charge in [-0.15, -0.1) is 0 Å². The largest absolute Gasteiger partial charge is 0.496 e. The standard InChI is InChI=1S/C16H23NO3/c1-10-13-9-20-8-12(13)7-15(19)16(10)14(18)6-11-2-4-17-5-3-11/h8,11,14,16-18H,2-7,9H2,1H3. The van der Waals surface area contributed by atoms with Crippen LogP contribution in [0.4, 0.5) is 0 Å². The summed E-state index contributed by atoms with van der Waals surface area (Å²) in [6.07, 6.45) is 4.51. The van der Waals surface area contributed by atoms with Crippen LogP contribution in [0.3, 0.4) is 0 Å². The number of nitrogens with one attached hydrogen (secondary N) is 1. The van der Waals surface area contributed by atoms with Crippen LogP contribution in [-0.2, 0) is 9.53 Å². The van der Waals surface area contributed by atoms with Crippen molar-refractivity contribution in [3.63, 3.8) is 0 Å². The number of aliphatic hydroxyl groups excluding tert-OH is 1. The number of piperidine rings is 1. The van der Waals surface area contributed by atoms with Gasteiger partial charge in [-0.05, 0) is 50.8 Å². The molecule has 1 fully saturated rings. The van der Waals surface area contributed by atoms with Gasteiger partial charge >= 0.3 is 0 Å². The van der Waals surface area contributed by atoms with E-state index in [-0.39, 0.29) is 11.7 Å². The van der Waals surface area contributed by atoms with Crippen LogP contribution < -0.4 is 5.32 Å². The van der Waals surface area contributed by atoms with Crippen molar-refractivity contribution in [2.24, 2.45) is 11.8 Å². The normalized spacial score (nSPS) is 29.0. The lowest BCUT2D eigenvalue weighted by Crippen LogP contribution is -2.36. The number of hydrogen-bond acceptors (Lipinski definition) is 4. The van der Waals surface area contributed by atoms with Gasteiger partial charge < -0.3 is 15.2 Å². The molecule has 0 aromatic heterocycles. The van der Waals surface area contributed by atoms with Gasteiger partial charge in [-0.25, -0.2) is 0 Å². The summed E-state index contributed by atoms with van der Waals surface area (Å²) in [6, 6.07) is 0. The number of ether oxygens (including phenoxy) is 1. The molecule has 0 bridgehead atoms. The maximum Gasteiger partial charge on any atom is 0.147 e. The molecule has 3 rings (SSSR count). The Bertz CT molecular complexity index is 460. The summed E-state index contributed by atoms with van der Waals surface area (Å²) in [7, 11) is 0. The first-order valence-electron chi connectivity index (χ1n) is 7.59. The van der Waals surface area contributed by atoms with Crippen molar-refractivity contribution in [3.8, 4) is 0 Å². The number of hydrogen-bond donors (Lipinski definition) is 2. The topological polar surface area (TPSA) is 58.6 Å². The first-order chi connectivity index (χ1) is 9.66. The minimum Gasteiger partial charge on any atom is -0.496 e. The monoisotopic (exact) mass is 277 g/mol. The van der Waals surface area contributed by atoms with Gasteiger partial charge in [0.25, 0.3) is 0 Å². The lowest BCUT2D eigenvalue weighted by Gasteiger charge is -2.31. The van der Waals surface area contributed by atoms with Crippen LogP contribution in [0.15, 0.2) is 23.0 Å². The van der Waals surface area contributed by atoms with E-state index in [1.165, 1.54) is 0 Å². The highest BCUT2D eigenvalue weighted by atomic mass is 16.5. The van der Waals surface area contributed by atoms with Gasteiger partial charge in [-0.3, -0.25) is 4.79 Å². The molecule has 110 valence electrons. The molecule has 2 atom stereocenters. The van der Waals surface area contributed by atoms with Crippen molar-refractivity contribution >= 4 is 5.78 Å². The molecule has 1 aliphatic carbocycles. The van der Waals surface area contributed by atoms with Crippen molar-refractivity contribution < 1.29 is 14.6 Å². The molecule has 0 amide bonds. The number of carbonyl (C=O) groups is 1. The number of Topliss-reactive ketones (excluding diaryl/α,β-unsaturated/α-hetero) is 1. The van der Waals surface area contributed by atoms with Crippen LogP contribution in [0.5, 0.6) is 0 Å². The number of carbonyl (C=O) groups excluding carboxylic acids is 1. The zero-order chi connectivity index (χ0) is 14.1. The molecular formula is C16H23NO3.